The molecule has 1 amide bonds. The molecule has 1 aromatic rings. The van der Waals surface area contributed by atoms with Crippen molar-refractivity contribution in [3.63, 3.8) is 0 Å². The molecule has 1 aromatic heterocycles. The molecule has 8 heteroatoms. The molecule has 1 fully saturated rings. The van der Waals surface area contributed by atoms with E-state index >= 15 is 0 Å². The lowest BCUT2D eigenvalue weighted by atomic mass is 10.4. The number of hydrogen-bond donors (Lipinski definition) is 1. The Morgan fingerprint density at radius 3 is 2.83 bits per heavy atom. The monoisotopic (exact) mass is 319 g/mol. The highest BCUT2D eigenvalue weighted by atomic mass is 35.5. The molecule has 2 heterocycles. The number of carboxylic acids is 1. The summed E-state index contributed by atoms with van der Waals surface area (Å²) in [7, 11) is 0. The molecular weight excluding hydrogens is 314 g/mol. The number of rotatable bonds is 3. The quantitative estimate of drug-likeness (QED) is 0.685. The third-order valence-corrected chi connectivity index (χ3v) is 4.59. The van der Waals surface area contributed by atoms with Gasteiger partial charge in [-0.15, -0.1) is 11.3 Å². The first-order chi connectivity index (χ1) is 8.47. The standard InChI is InChI=1S/C10H6ClNO3S3/c11-7-2-1-5(17-7)3-6-9(15)12(4-8(13)14)10(16)18-6/h1-3H,4H2,(H,13,14)/b6-3+. The summed E-state index contributed by atoms with van der Waals surface area (Å²) in [6, 6.07) is 3.52. The van der Waals surface area contributed by atoms with Crippen molar-refractivity contribution >= 4 is 69.2 Å². The van der Waals surface area contributed by atoms with E-state index in [1.54, 1.807) is 18.2 Å². The van der Waals surface area contributed by atoms with Crippen LogP contribution in [-0.4, -0.2) is 32.7 Å². The zero-order valence-electron chi connectivity index (χ0n) is 8.75. The second-order valence-electron chi connectivity index (χ2n) is 3.30. The van der Waals surface area contributed by atoms with Gasteiger partial charge in [0.25, 0.3) is 5.91 Å². The van der Waals surface area contributed by atoms with E-state index in [1.165, 1.54) is 11.3 Å². The molecular formula is C10H6ClNO3S3. The van der Waals surface area contributed by atoms with Crippen molar-refractivity contribution in [3.05, 3.63) is 26.3 Å². The number of carbonyl (C=O) groups is 2. The summed E-state index contributed by atoms with van der Waals surface area (Å²) in [5.74, 6) is -1.47. The van der Waals surface area contributed by atoms with Crippen LogP contribution in [0.25, 0.3) is 6.08 Å². The van der Waals surface area contributed by atoms with Crippen molar-refractivity contribution in [1.82, 2.24) is 4.90 Å². The maximum Gasteiger partial charge on any atom is 0.323 e. The first-order valence-corrected chi connectivity index (χ1v) is 7.12. The van der Waals surface area contributed by atoms with Crippen LogP contribution in [0.1, 0.15) is 4.88 Å². The highest BCUT2D eigenvalue weighted by Gasteiger charge is 2.33. The molecule has 18 heavy (non-hydrogen) atoms. The lowest BCUT2D eigenvalue weighted by Crippen LogP contribution is -2.33. The first-order valence-electron chi connectivity index (χ1n) is 4.70. The molecule has 0 aromatic carbocycles. The van der Waals surface area contributed by atoms with Gasteiger partial charge in [0.15, 0.2) is 0 Å². The van der Waals surface area contributed by atoms with E-state index in [0.717, 1.165) is 21.5 Å². The molecule has 0 unspecified atom stereocenters. The molecule has 1 N–H and O–H groups in total. The van der Waals surface area contributed by atoms with E-state index < -0.39 is 12.5 Å². The Labute approximate surface area is 121 Å². The van der Waals surface area contributed by atoms with E-state index in [2.05, 4.69) is 0 Å². The molecule has 0 atom stereocenters. The van der Waals surface area contributed by atoms with Crippen LogP contribution in [0.4, 0.5) is 0 Å². The maximum atomic E-state index is 11.9. The minimum atomic E-state index is -1.09. The number of hydrogen-bond acceptors (Lipinski definition) is 5. The smallest absolute Gasteiger partial charge is 0.323 e. The lowest BCUT2D eigenvalue weighted by Gasteiger charge is -2.09. The molecule has 0 saturated carbocycles. The Morgan fingerprint density at radius 1 is 1.56 bits per heavy atom. The summed E-state index contributed by atoms with van der Waals surface area (Å²) < 4.78 is 0.888. The van der Waals surface area contributed by atoms with E-state index in [9.17, 15) is 9.59 Å². The molecule has 1 aliphatic heterocycles. The van der Waals surface area contributed by atoms with Crippen molar-refractivity contribution in [2.45, 2.75) is 0 Å². The highest BCUT2D eigenvalue weighted by Crippen LogP contribution is 2.34. The molecule has 0 spiro atoms. The number of thiophene rings is 1. The Morgan fingerprint density at radius 2 is 2.28 bits per heavy atom. The minimum Gasteiger partial charge on any atom is -0.480 e. The van der Waals surface area contributed by atoms with Gasteiger partial charge in [0.2, 0.25) is 0 Å². The topological polar surface area (TPSA) is 57.6 Å². The summed E-state index contributed by atoms with van der Waals surface area (Å²) >= 11 is 13.2. The van der Waals surface area contributed by atoms with Crippen LogP contribution in [-0.2, 0) is 9.59 Å². The average molecular weight is 320 g/mol. The molecule has 4 nitrogen and oxygen atoms in total. The summed E-state index contributed by atoms with van der Waals surface area (Å²) in [5, 5.41) is 8.69. The van der Waals surface area contributed by atoms with Crippen LogP contribution in [0, 0.1) is 0 Å². The SMILES string of the molecule is O=C(O)CN1C(=O)/C(=C\c2ccc(Cl)s2)SC1=S. The van der Waals surface area contributed by atoms with Crippen molar-refractivity contribution in [3.8, 4) is 0 Å². The fourth-order valence-corrected chi connectivity index (χ4v) is 3.63. The van der Waals surface area contributed by atoms with Crippen LogP contribution < -0.4 is 0 Å². The fourth-order valence-electron chi connectivity index (χ4n) is 1.31. The number of thioether (sulfide) groups is 1. The largest absolute Gasteiger partial charge is 0.480 e. The number of thiocarbonyl (C=S) groups is 1. The Kier molecular flexibility index (Phi) is 4.06. The number of carbonyl (C=O) groups excluding carboxylic acids is 1. The molecule has 0 radical (unpaired) electrons. The van der Waals surface area contributed by atoms with Crippen LogP contribution in [0.5, 0.6) is 0 Å². The predicted molar refractivity (Wildman–Crippen MR) is 76.8 cm³/mol. The molecule has 1 aliphatic rings. The van der Waals surface area contributed by atoms with Gasteiger partial charge in [0, 0.05) is 4.88 Å². The second kappa shape index (κ2) is 5.40. The molecule has 2 rings (SSSR count). The first kappa shape index (κ1) is 13.5. The van der Waals surface area contributed by atoms with E-state index in [4.69, 9.17) is 28.9 Å². The summed E-state index contributed by atoms with van der Waals surface area (Å²) in [4.78, 5) is 24.9. The van der Waals surface area contributed by atoms with E-state index in [1.807, 2.05) is 0 Å². The number of aliphatic carboxylic acids is 1. The highest BCUT2D eigenvalue weighted by molar-refractivity contribution is 8.26. The molecule has 1 saturated heterocycles. The molecule has 0 aliphatic carbocycles. The van der Waals surface area contributed by atoms with Gasteiger partial charge in [-0.1, -0.05) is 35.6 Å². The van der Waals surface area contributed by atoms with Crippen molar-refractivity contribution in [2.75, 3.05) is 6.54 Å². The average Bonchev–Trinajstić information content (AvgIpc) is 2.78. The van der Waals surface area contributed by atoms with Crippen molar-refractivity contribution < 1.29 is 14.7 Å². The predicted octanol–water partition coefficient (Wildman–Crippen LogP) is 2.69. The van der Waals surface area contributed by atoms with Crippen molar-refractivity contribution in [1.29, 1.82) is 0 Å². The Balaban J connectivity index is 2.22. The van der Waals surface area contributed by atoms with E-state index in [-0.39, 0.29) is 10.2 Å². The normalized spacial score (nSPS) is 17.8. The molecule has 0 bridgehead atoms. The van der Waals surface area contributed by atoms with Crippen LogP contribution in [0.2, 0.25) is 4.34 Å². The van der Waals surface area contributed by atoms with Gasteiger partial charge < -0.3 is 5.11 Å². The van der Waals surface area contributed by atoms with Crippen molar-refractivity contribution in [2.24, 2.45) is 0 Å². The van der Waals surface area contributed by atoms with Gasteiger partial charge in [-0.3, -0.25) is 14.5 Å². The second-order valence-corrected chi connectivity index (χ2v) is 6.73. The Hall–Kier alpha value is -0.890. The Bertz CT molecular complexity index is 566. The maximum absolute atomic E-state index is 11.9. The van der Waals surface area contributed by atoms with Gasteiger partial charge in [0.05, 0.1) is 9.24 Å². The number of amides is 1. The van der Waals surface area contributed by atoms with Gasteiger partial charge in [-0.25, -0.2) is 0 Å². The number of halogens is 1. The van der Waals surface area contributed by atoms with Crippen LogP contribution in [0.3, 0.4) is 0 Å². The van der Waals surface area contributed by atoms with Crippen LogP contribution in [0.15, 0.2) is 17.0 Å². The third kappa shape index (κ3) is 2.92. The zero-order chi connectivity index (χ0) is 13.3. The summed E-state index contributed by atoms with van der Waals surface area (Å²) in [5.41, 5.74) is 0. The number of carboxylic acid groups (broad SMARTS) is 1. The zero-order valence-corrected chi connectivity index (χ0v) is 12.0. The van der Waals surface area contributed by atoms with Gasteiger partial charge in [-0.2, -0.15) is 0 Å². The molecule has 94 valence electrons. The summed E-state index contributed by atoms with van der Waals surface area (Å²) in [6.45, 7) is -0.410. The third-order valence-electron chi connectivity index (χ3n) is 2.03. The fraction of sp³-hybridized carbons (Fsp3) is 0.100. The number of nitrogens with zero attached hydrogens (tertiary/aromatic N) is 1. The van der Waals surface area contributed by atoms with E-state index in [0.29, 0.717) is 9.24 Å². The van der Waals surface area contributed by atoms with Crippen LogP contribution >= 0.6 is 46.9 Å². The minimum absolute atomic E-state index is 0.260. The van der Waals surface area contributed by atoms with Gasteiger partial charge in [0.1, 0.15) is 10.9 Å². The summed E-state index contributed by atoms with van der Waals surface area (Å²) in [6.07, 6.45) is 1.66. The van der Waals surface area contributed by atoms with Gasteiger partial charge >= 0.3 is 5.97 Å². The van der Waals surface area contributed by atoms with Gasteiger partial charge in [-0.05, 0) is 18.2 Å². The lowest BCUT2D eigenvalue weighted by molar-refractivity contribution is -0.140.